The number of alkyl halides is 3. The molecular formula is C29H35F3N6O2. The molecule has 1 N–H and O–H groups in total. The molecule has 0 atom stereocenters. The number of nitrogens with one attached hydrogen (secondary N) is 1. The summed E-state index contributed by atoms with van der Waals surface area (Å²) >= 11 is 0. The molecule has 8 nitrogen and oxygen atoms in total. The Bertz CT molecular complexity index is 1400. The molecule has 2 fully saturated rings. The summed E-state index contributed by atoms with van der Waals surface area (Å²) in [6, 6.07) is 10.7. The molecule has 3 aromatic rings. The molecule has 1 aliphatic heterocycles. The normalized spacial score (nSPS) is 17.7. The highest BCUT2D eigenvalue weighted by atomic mass is 19.4. The van der Waals surface area contributed by atoms with Gasteiger partial charge in [0.05, 0.1) is 17.3 Å². The zero-order chi connectivity index (χ0) is 28.3. The van der Waals surface area contributed by atoms with Gasteiger partial charge in [-0.3, -0.25) is 4.90 Å². The molecule has 1 aliphatic carbocycles. The standard InChI is InChI=1S/C29H35F3N6O2/c1-3-21-14-23(10-11-24(21)15-37-16-25(17-37)38-28(39)33-35-36-38)19(2)34-40-18-20-9-12-26(22-7-5-4-6-8-22)27(13-20)29(30,31)32/h9-14,22,25H,3-8,15-18H2,1-2H3,(H,33,36,39)/b34-19+. The van der Waals surface area contributed by atoms with E-state index in [9.17, 15) is 18.0 Å². The van der Waals surface area contributed by atoms with E-state index in [1.807, 2.05) is 13.0 Å². The zero-order valence-corrected chi connectivity index (χ0v) is 22.9. The monoisotopic (exact) mass is 556 g/mol. The number of hydrogen-bond donors (Lipinski definition) is 1. The Morgan fingerprint density at radius 3 is 2.55 bits per heavy atom. The number of nitrogens with zero attached hydrogens (tertiary/aromatic N) is 5. The molecule has 1 aromatic heterocycles. The number of hydrogen-bond acceptors (Lipinski definition) is 6. The molecule has 214 valence electrons. The Morgan fingerprint density at radius 1 is 1.10 bits per heavy atom. The van der Waals surface area contributed by atoms with Crippen LogP contribution in [0.2, 0.25) is 0 Å². The van der Waals surface area contributed by atoms with Crippen LogP contribution in [0.4, 0.5) is 13.2 Å². The van der Waals surface area contributed by atoms with Crippen LogP contribution in [0.5, 0.6) is 0 Å². The van der Waals surface area contributed by atoms with E-state index < -0.39 is 11.7 Å². The number of oxime groups is 1. The quantitative estimate of drug-likeness (QED) is 0.274. The summed E-state index contributed by atoms with van der Waals surface area (Å²) in [6.07, 6.45) is 1.11. The summed E-state index contributed by atoms with van der Waals surface area (Å²) in [4.78, 5) is 19.5. The van der Waals surface area contributed by atoms with Crippen molar-refractivity contribution < 1.29 is 18.0 Å². The first-order chi connectivity index (χ1) is 19.2. The van der Waals surface area contributed by atoms with Crippen LogP contribution in [0.1, 0.15) is 91.3 Å². The van der Waals surface area contributed by atoms with Gasteiger partial charge in [0.25, 0.3) is 0 Å². The van der Waals surface area contributed by atoms with Crippen LogP contribution in [0, 0.1) is 0 Å². The van der Waals surface area contributed by atoms with Crippen LogP contribution in [0.15, 0.2) is 46.3 Å². The second-order valence-electron chi connectivity index (χ2n) is 10.8. The number of tetrazole rings is 1. The van der Waals surface area contributed by atoms with E-state index >= 15 is 0 Å². The van der Waals surface area contributed by atoms with Crippen molar-refractivity contribution in [3.63, 3.8) is 0 Å². The van der Waals surface area contributed by atoms with Crippen molar-refractivity contribution >= 4 is 5.71 Å². The van der Waals surface area contributed by atoms with Gasteiger partial charge < -0.3 is 4.84 Å². The molecule has 2 aliphatic rings. The van der Waals surface area contributed by atoms with Gasteiger partial charge in [0, 0.05) is 19.6 Å². The lowest BCUT2D eigenvalue weighted by Crippen LogP contribution is -2.49. The van der Waals surface area contributed by atoms with Gasteiger partial charge in [-0.1, -0.05) is 55.6 Å². The molecule has 0 spiro atoms. The van der Waals surface area contributed by atoms with Crippen molar-refractivity contribution in [1.82, 2.24) is 25.1 Å². The summed E-state index contributed by atoms with van der Waals surface area (Å²) in [7, 11) is 0. The van der Waals surface area contributed by atoms with Gasteiger partial charge in [-0.25, -0.2) is 9.89 Å². The Kier molecular flexibility index (Phi) is 8.39. The van der Waals surface area contributed by atoms with Gasteiger partial charge >= 0.3 is 11.9 Å². The van der Waals surface area contributed by atoms with Gasteiger partial charge in [-0.2, -0.15) is 17.9 Å². The second-order valence-corrected chi connectivity index (χ2v) is 10.8. The van der Waals surface area contributed by atoms with E-state index in [1.54, 1.807) is 12.1 Å². The Labute approximate surface area is 231 Å². The van der Waals surface area contributed by atoms with Crippen molar-refractivity contribution in [2.24, 2.45) is 5.16 Å². The predicted octanol–water partition coefficient (Wildman–Crippen LogP) is 5.59. The SMILES string of the molecule is CCc1cc(/C(C)=N/OCc2ccc(C3CCCCC3)c(C(F)(F)F)c2)ccc1CN1CC(n2nn[nH]c2=O)C1. The molecule has 0 bridgehead atoms. The summed E-state index contributed by atoms with van der Waals surface area (Å²) in [6.45, 7) is 6.10. The first-order valence-corrected chi connectivity index (χ1v) is 13.9. The highest BCUT2D eigenvalue weighted by molar-refractivity contribution is 5.98. The van der Waals surface area contributed by atoms with Gasteiger partial charge in [0.1, 0.15) is 6.61 Å². The molecule has 40 heavy (non-hydrogen) atoms. The van der Waals surface area contributed by atoms with Crippen molar-refractivity contribution in [2.45, 2.75) is 83.7 Å². The van der Waals surface area contributed by atoms with Gasteiger partial charge in [-0.15, -0.1) is 0 Å². The number of rotatable bonds is 9. The molecule has 5 rings (SSSR count). The summed E-state index contributed by atoms with van der Waals surface area (Å²) < 4.78 is 43.0. The van der Waals surface area contributed by atoms with Crippen LogP contribution in [0.3, 0.4) is 0 Å². The minimum absolute atomic E-state index is 0.0257. The molecule has 0 radical (unpaired) electrons. The first kappa shape index (κ1) is 28.1. The largest absolute Gasteiger partial charge is 0.416 e. The third kappa shape index (κ3) is 6.29. The topological polar surface area (TPSA) is 88.4 Å². The van der Waals surface area contributed by atoms with E-state index in [0.717, 1.165) is 63.7 Å². The maximum Gasteiger partial charge on any atom is 0.416 e. The van der Waals surface area contributed by atoms with E-state index in [-0.39, 0.29) is 24.3 Å². The molecular weight excluding hydrogens is 521 g/mol. The van der Waals surface area contributed by atoms with Crippen molar-refractivity contribution in [1.29, 1.82) is 0 Å². The van der Waals surface area contributed by atoms with Gasteiger partial charge in [-0.05, 0) is 82.5 Å². The summed E-state index contributed by atoms with van der Waals surface area (Å²) in [5.74, 6) is -0.0306. The second kappa shape index (κ2) is 12.0. The van der Waals surface area contributed by atoms with Crippen molar-refractivity contribution in [2.75, 3.05) is 13.1 Å². The van der Waals surface area contributed by atoms with E-state index in [1.165, 1.54) is 21.9 Å². The van der Waals surface area contributed by atoms with Crippen molar-refractivity contribution in [3.8, 4) is 0 Å². The molecule has 1 saturated heterocycles. The number of aryl methyl sites for hydroxylation is 1. The molecule has 1 saturated carbocycles. The lowest BCUT2D eigenvalue weighted by Gasteiger charge is -2.38. The highest BCUT2D eigenvalue weighted by Gasteiger charge is 2.36. The maximum atomic E-state index is 13.9. The predicted molar refractivity (Wildman–Crippen MR) is 145 cm³/mol. The lowest BCUT2D eigenvalue weighted by molar-refractivity contribution is -0.138. The van der Waals surface area contributed by atoms with Crippen LogP contribution in [-0.2, 0) is 30.6 Å². The number of aromatic nitrogens is 4. The number of halogens is 3. The lowest BCUT2D eigenvalue weighted by atomic mass is 9.81. The summed E-state index contributed by atoms with van der Waals surface area (Å²) in [5, 5.41) is 13.9. The first-order valence-electron chi connectivity index (χ1n) is 13.9. The van der Waals surface area contributed by atoms with Crippen LogP contribution < -0.4 is 5.69 Å². The minimum atomic E-state index is -4.40. The van der Waals surface area contributed by atoms with E-state index in [0.29, 0.717) is 16.8 Å². The number of likely N-dealkylation sites (tertiary alicyclic amines) is 1. The zero-order valence-electron chi connectivity index (χ0n) is 22.9. The molecule has 0 amide bonds. The minimum Gasteiger partial charge on any atom is -0.391 e. The van der Waals surface area contributed by atoms with Crippen LogP contribution >= 0.6 is 0 Å². The fourth-order valence-corrected chi connectivity index (χ4v) is 5.81. The van der Waals surface area contributed by atoms with Crippen molar-refractivity contribution in [3.05, 3.63) is 80.3 Å². The average Bonchev–Trinajstić information content (AvgIpc) is 3.35. The molecule has 2 aromatic carbocycles. The fraction of sp³-hybridized carbons (Fsp3) is 0.517. The highest BCUT2D eigenvalue weighted by Crippen LogP contribution is 2.41. The van der Waals surface area contributed by atoms with Gasteiger partial charge in [0.15, 0.2) is 0 Å². The summed E-state index contributed by atoms with van der Waals surface area (Å²) in [5.41, 5.74) is 3.96. The molecule has 0 unspecified atom stereocenters. The smallest absolute Gasteiger partial charge is 0.391 e. The van der Waals surface area contributed by atoms with Gasteiger partial charge in [0.2, 0.25) is 0 Å². The average molecular weight is 557 g/mol. The van der Waals surface area contributed by atoms with E-state index in [2.05, 4.69) is 44.6 Å². The number of H-pyrrole nitrogens is 1. The van der Waals surface area contributed by atoms with Crippen LogP contribution in [-0.4, -0.2) is 43.9 Å². The third-order valence-electron chi connectivity index (χ3n) is 8.08. The molecule has 11 heteroatoms. The maximum absolute atomic E-state index is 13.9. The Morgan fingerprint density at radius 2 is 1.88 bits per heavy atom. The number of benzene rings is 2. The Balaban J connectivity index is 1.21. The third-order valence-corrected chi connectivity index (χ3v) is 8.08. The number of aromatic amines is 1. The van der Waals surface area contributed by atoms with Crippen LogP contribution in [0.25, 0.3) is 0 Å². The van der Waals surface area contributed by atoms with E-state index in [4.69, 9.17) is 4.84 Å². The molecule has 2 heterocycles. The fourth-order valence-electron chi connectivity index (χ4n) is 5.81. The Hall–Kier alpha value is -3.47.